The van der Waals surface area contributed by atoms with Crippen LogP contribution in [0.3, 0.4) is 0 Å². The number of hydrogen-bond donors (Lipinski definition) is 2. The number of rotatable bonds is 6. The second-order valence-electron chi connectivity index (χ2n) is 8.59. The highest BCUT2D eigenvalue weighted by molar-refractivity contribution is 7.91. The van der Waals surface area contributed by atoms with E-state index in [0.717, 1.165) is 10.4 Å². The van der Waals surface area contributed by atoms with Crippen molar-refractivity contribution in [2.45, 2.75) is 6.92 Å². The average Bonchev–Trinajstić information content (AvgIpc) is 3.53. The van der Waals surface area contributed by atoms with Gasteiger partial charge in [0.2, 0.25) is 5.91 Å². The van der Waals surface area contributed by atoms with E-state index in [-0.39, 0.29) is 29.9 Å². The summed E-state index contributed by atoms with van der Waals surface area (Å²) in [6.07, 6.45) is 8.54. The number of carbonyl (C=O) groups is 2. The molecule has 0 bridgehead atoms. The molecule has 0 unspecified atom stereocenters. The molecule has 4 aromatic rings. The lowest BCUT2D eigenvalue weighted by molar-refractivity contribution is -0.117. The minimum atomic E-state index is -3.01. The zero-order valence-corrected chi connectivity index (χ0v) is 21.3. The first kappa shape index (κ1) is 24.1. The summed E-state index contributed by atoms with van der Waals surface area (Å²) >= 11 is 1.44. The summed E-state index contributed by atoms with van der Waals surface area (Å²) in [5.41, 5.74) is 2.84. The number of pyridine rings is 1. The maximum absolute atomic E-state index is 13.1. The van der Waals surface area contributed by atoms with Crippen LogP contribution >= 0.6 is 11.3 Å². The number of aromatic nitrogens is 5. The van der Waals surface area contributed by atoms with Gasteiger partial charge in [-0.1, -0.05) is 0 Å². The SMILES string of the molecule is Cc1ncc(NC(=O)CN2CCS(=O)(=O)CC2)cc1NC(=O)c1cnn2cc(-c3cnn(C)c3)sc12. The highest BCUT2D eigenvalue weighted by Crippen LogP contribution is 2.30. The molecule has 5 rings (SSSR count). The van der Waals surface area contributed by atoms with E-state index >= 15 is 0 Å². The van der Waals surface area contributed by atoms with Gasteiger partial charge in [0.05, 0.1) is 64.2 Å². The molecule has 12 nitrogen and oxygen atoms in total. The van der Waals surface area contributed by atoms with Crippen LogP contribution in [-0.2, 0) is 21.7 Å². The first-order valence-corrected chi connectivity index (χ1v) is 13.8. The Morgan fingerprint density at radius 2 is 1.86 bits per heavy atom. The molecule has 0 aliphatic carbocycles. The third-order valence-electron chi connectivity index (χ3n) is 5.85. The minimum Gasteiger partial charge on any atom is -0.324 e. The summed E-state index contributed by atoms with van der Waals surface area (Å²) in [5.74, 6) is -0.512. The van der Waals surface area contributed by atoms with Crippen LogP contribution < -0.4 is 10.6 Å². The molecule has 2 N–H and O–H groups in total. The molecule has 0 atom stereocenters. The molecule has 36 heavy (non-hydrogen) atoms. The quantitative estimate of drug-likeness (QED) is 0.382. The molecule has 1 fully saturated rings. The van der Waals surface area contributed by atoms with E-state index in [1.807, 2.05) is 19.4 Å². The van der Waals surface area contributed by atoms with Crippen molar-refractivity contribution in [2.24, 2.45) is 7.05 Å². The summed E-state index contributed by atoms with van der Waals surface area (Å²) in [6.45, 7) is 2.49. The lowest BCUT2D eigenvalue weighted by Crippen LogP contribution is -2.43. The fourth-order valence-corrected chi connectivity index (χ4v) is 6.16. The molecule has 5 heterocycles. The van der Waals surface area contributed by atoms with E-state index in [1.54, 1.807) is 33.3 Å². The van der Waals surface area contributed by atoms with Crippen LogP contribution in [0.25, 0.3) is 15.3 Å². The molecular weight excluding hydrogens is 504 g/mol. The van der Waals surface area contributed by atoms with Gasteiger partial charge in [0.15, 0.2) is 9.84 Å². The summed E-state index contributed by atoms with van der Waals surface area (Å²) in [7, 11) is -1.17. The second-order valence-corrected chi connectivity index (χ2v) is 11.9. The third kappa shape index (κ3) is 5.15. The van der Waals surface area contributed by atoms with Gasteiger partial charge in [-0.3, -0.25) is 24.2 Å². The highest BCUT2D eigenvalue weighted by atomic mass is 32.2. The molecule has 4 aromatic heterocycles. The normalized spacial score (nSPS) is 15.7. The number of carbonyl (C=O) groups excluding carboxylic acids is 2. The van der Waals surface area contributed by atoms with Crippen LogP contribution in [-0.4, -0.2) is 80.7 Å². The number of nitrogens with zero attached hydrogens (tertiary/aromatic N) is 6. The standard InChI is InChI=1S/C22H24N8O4S2/c1-14-18(7-16(9-23-14)26-20(31)13-29-3-5-36(33,34)6-4-29)27-21(32)17-10-25-30-12-19(35-22(17)30)15-8-24-28(2)11-15/h7-12H,3-6,13H2,1-2H3,(H,26,31)(H,27,32). The molecule has 0 aromatic carbocycles. The van der Waals surface area contributed by atoms with E-state index in [9.17, 15) is 18.0 Å². The Balaban J connectivity index is 1.27. The van der Waals surface area contributed by atoms with E-state index < -0.39 is 9.84 Å². The van der Waals surface area contributed by atoms with Crippen LogP contribution in [0.4, 0.5) is 11.4 Å². The number of anilines is 2. The number of amides is 2. The minimum absolute atomic E-state index is 0.0542. The molecule has 2 amide bonds. The molecule has 188 valence electrons. The summed E-state index contributed by atoms with van der Waals surface area (Å²) in [4.78, 5) is 33.3. The number of hydrogen-bond acceptors (Lipinski definition) is 9. The zero-order chi connectivity index (χ0) is 25.4. The molecule has 0 radical (unpaired) electrons. The Kier molecular flexibility index (Phi) is 6.32. The van der Waals surface area contributed by atoms with Gasteiger partial charge in [0.25, 0.3) is 5.91 Å². The van der Waals surface area contributed by atoms with Crippen molar-refractivity contribution in [1.29, 1.82) is 0 Å². The van der Waals surface area contributed by atoms with Crippen LogP contribution in [0, 0.1) is 6.92 Å². The summed E-state index contributed by atoms with van der Waals surface area (Å²) < 4.78 is 26.5. The van der Waals surface area contributed by atoms with Crippen molar-refractivity contribution in [2.75, 3.05) is 41.8 Å². The van der Waals surface area contributed by atoms with Gasteiger partial charge >= 0.3 is 0 Å². The Bertz CT molecular complexity index is 1560. The highest BCUT2D eigenvalue weighted by Gasteiger charge is 2.23. The number of thiazole rings is 1. The van der Waals surface area contributed by atoms with Gasteiger partial charge in [-0.25, -0.2) is 12.9 Å². The third-order valence-corrected chi connectivity index (χ3v) is 8.62. The smallest absolute Gasteiger partial charge is 0.260 e. The van der Waals surface area contributed by atoms with E-state index in [4.69, 9.17) is 0 Å². The molecule has 0 saturated carbocycles. The van der Waals surface area contributed by atoms with Crippen molar-refractivity contribution in [3.05, 3.63) is 48.3 Å². The van der Waals surface area contributed by atoms with Gasteiger partial charge in [0.1, 0.15) is 4.83 Å². The molecular formula is C22H24N8O4S2. The van der Waals surface area contributed by atoms with Crippen LogP contribution in [0.15, 0.2) is 37.1 Å². The molecule has 14 heteroatoms. The average molecular weight is 529 g/mol. The van der Waals surface area contributed by atoms with Gasteiger partial charge < -0.3 is 10.6 Å². The monoisotopic (exact) mass is 528 g/mol. The Morgan fingerprint density at radius 3 is 2.58 bits per heavy atom. The lowest BCUT2D eigenvalue weighted by Gasteiger charge is -2.25. The van der Waals surface area contributed by atoms with E-state index in [2.05, 4.69) is 25.8 Å². The van der Waals surface area contributed by atoms with Crippen molar-refractivity contribution in [3.8, 4) is 10.4 Å². The van der Waals surface area contributed by atoms with Crippen LogP contribution in [0.5, 0.6) is 0 Å². The first-order valence-electron chi connectivity index (χ1n) is 11.1. The largest absolute Gasteiger partial charge is 0.324 e. The number of fused-ring (bicyclic) bond motifs is 1. The maximum Gasteiger partial charge on any atom is 0.260 e. The fourth-order valence-electron chi connectivity index (χ4n) is 3.85. The first-order chi connectivity index (χ1) is 17.2. The topological polar surface area (TPSA) is 144 Å². The predicted octanol–water partition coefficient (Wildman–Crippen LogP) is 1.42. The van der Waals surface area contributed by atoms with Gasteiger partial charge in [-0.15, -0.1) is 11.3 Å². The van der Waals surface area contributed by atoms with Gasteiger partial charge in [-0.05, 0) is 13.0 Å². The van der Waals surface area contributed by atoms with E-state index in [0.29, 0.717) is 40.6 Å². The Hall–Kier alpha value is -3.62. The van der Waals surface area contributed by atoms with Gasteiger partial charge in [-0.2, -0.15) is 10.2 Å². The van der Waals surface area contributed by atoms with Crippen LogP contribution in [0.2, 0.25) is 0 Å². The predicted molar refractivity (Wildman–Crippen MR) is 136 cm³/mol. The zero-order valence-electron chi connectivity index (χ0n) is 19.6. The number of sulfone groups is 1. The Morgan fingerprint density at radius 1 is 1.08 bits per heavy atom. The van der Waals surface area contributed by atoms with Crippen molar-refractivity contribution >= 4 is 49.2 Å². The molecule has 1 saturated heterocycles. The summed E-state index contributed by atoms with van der Waals surface area (Å²) in [5, 5.41) is 14.1. The van der Waals surface area contributed by atoms with Gasteiger partial charge in [0, 0.05) is 38.1 Å². The van der Waals surface area contributed by atoms with Crippen LogP contribution in [0.1, 0.15) is 16.1 Å². The summed E-state index contributed by atoms with van der Waals surface area (Å²) in [6, 6.07) is 1.65. The fraction of sp³-hybridized carbons (Fsp3) is 0.318. The van der Waals surface area contributed by atoms with Crippen molar-refractivity contribution < 1.29 is 18.0 Å². The van der Waals surface area contributed by atoms with Crippen molar-refractivity contribution in [3.63, 3.8) is 0 Å². The number of nitrogens with one attached hydrogen (secondary N) is 2. The second kappa shape index (κ2) is 9.44. The Labute approximate surface area is 210 Å². The molecule has 0 spiro atoms. The molecule has 1 aliphatic heterocycles. The van der Waals surface area contributed by atoms with E-state index in [1.165, 1.54) is 23.7 Å². The molecule has 1 aliphatic rings. The maximum atomic E-state index is 13.1. The number of aryl methyl sites for hydroxylation is 2. The lowest BCUT2D eigenvalue weighted by atomic mass is 10.2. The van der Waals surface area contributed by atoms with Crippen molar-refractivity contribution in [1.82, 2.24) is 29.3 Å².